The highest BCUT2D eigenvalue weighted by Crippen LogP contribution is 2.19. The molecule has 1 rings (SSSR count). The van der Waals surface area contributed by atoms with Crippen LogP contribution in [0.4, 0.5) is 0 Å². The van der Waals surface area contributed by atoms with E-state index < -0.39 is 0 Å². The van der Waals surface area contributed by atoms with E-state index in [1.807, 2.05) is 0 Å². The summed E-state index contributed by atoms with van der Waals surface area (Å²) in [6, 6.07) is 0. The molecule has 1 nitrogen and oxygen atoms in total. The monoisotopic (exact) mass is 239 g/mol. The summed E-state index contributed by atoms with van der Waals surface area (Å²) in [6.45, 7) is 0. The summed E-state index contributed by atoms with van der Waals surface area (Å²) in [4.78, 5) is 3.83. The molecule has 0 amide bonds. The molecule has 1 heterocycles. The smallest absolute Gasteiger partial charge is 0.131 e. The van der Waals surface area contributed by atoms with E-state index in [1.165, 1.54) is 0 Å². The quantitative estimate of drug-likeness (QED) is 0.576. The topological polar surface area (TPSA) is 12.4 Å². The van der Waals surface area contributed by atoms with Gasteiger partial charge in [-0.25, -0.2) is 4.99 Å². The second kappa shape index (κ2) is 3.56. The summed E-state index contributed by atoms with van der Waals surface area (Å²) in [5.74, 6) is 0. The second-order valence-electron chi connectivity index (χ2n) is 1.76. The molecule has 1 aliphatic heterocycles. The van der Waals surface area contributed by atoms with Crippen LogP contribution in [0.3, 0.4) is 0 Å². The van der Waals surface area contributed by atoms with Gasteiger partial charge in [0.2, 0.25) is 0 Å². The van der Waals surface area contributed by atoms with Crippen LogP contribution >= 0.6 is 39.1 Å². The van der Waals surface area contributed by atoms with Gasteiger partial charge in [-0.05, 0) is 12.2 Å². The molecule has 0 bridgehead atoms. The summed E-state index contributed by atoms with van der Waals surface area (Å²) >= 11 is 14.5. The Hall–Kier alpha value is 0.210. The van der Waals surface area contributed by atoms with Gasteiger partial charge in [-0.1, -0.05) is 39.1 Å². The number of nitrogens with zero attached hydrogens (tertiary/aromatic N) is 1. The van der Waals surface area contributed by atoms with Crippen LogP contribution in [-0.4, -0.2) is 5.17 Å². The average molecular weight is 241 g/mol. The number of halogens is 3. The lowest BCUT2D eigenvalue weighted by Gasteiger charge is -1.85. The lowest BCUT2D eigenvalue weighted by molar-refractivity contribution is 1.35. The maximum atomic E-state index is 5.63. The van der Waals surface area contributed by atoms with Gasteiger partial charge in [-0.15, -0.1) is 0 Å². The highest BCUT2D eigenvalue weighted by molar-refractivity contribution is 9.11. The molecule has 10 heavy (non-hydrogen) atoms. The van der Waals surface area contributed by atoms with Crippen molar-refractivity contribution >= 4 is 44.3 Å². The molecule has 0 radical (unpaired) electrons. The number of rotatable bonds is 0. The molecular formula is C6H4BrCl2N. The Morgan fingerprint density at radius 2 is 2.20 bits per heavy atom. The van der Waals surface area contributed by atoms with E-state index >= 15 is 0 Å². The van der Waals surface area contributed by atoms with Gasteiger partial charge >= 0.3 is 0 Å². The fourth-order valence-electron chi connectivity index (χ4n) is 0.550. The Morgan fingerprint density at radius 3 is 2.90 bits per heavy atom. The molecule has 54 valence electrons. The molecule has 0 N–H and O–H groups in total. The number of hydrogen-bond acceptors (Lipinski definition) is 1. The summed E-state index contributed by atoms with van der Waals surface area (Å²) < 4.78 is 0.983. The predicted molar refractivity (Wildman–Crippen MR) is 48.9 cm³/mol. The third-order valence-electron chi connectivity index (χ3n) is 0.955. The standard InChI is InChI=1S/C6H4BrCl2N/c7-4-1-2-5(8)10-6(9)3-4/h2-3H,1H2. The summed E-state index contributed by atoms with van der Waals surface area (Å²) in [6.07, 6.45) is 4.27. The highest BCUT2D eigenvalue weighted by Gasteiger charge is 1.99. The lowest BCUT2D eigenvalue weighted by Crippen LogP contribution is -1.77. The zero-order valence-corrected chi connectivity index (χ0v) is 8.04. The second-order valence-corrected chi connectivity index (χ2v) is 3.55. The normalized spacial score (nSPS) is 18.9. The van der Waals surface area contributed by atoms with E-state index in [4.69, 9.17) is 23.2 Å². The van der Waals surface area contributed by atoms with Crippen LogP contribution in [-0.2, 0) is 0 Å². The minimum absolute atomic E-state index is 0.408. The van der Waals surface area contributed by atoms with Crippen molar-refractivity contribution in [3.8, 4) is 0 Å². The Labute approximate surface area is 77.5 Å². The molecule has 4 heteroatoms. The molecule has 0 aromatic carbocycles. The van der Waals surface area contributed by atoms with Gasteiger partial charge in [0.15, 0.2) is 0 Å². The van der Waals surface area contributed by atoms with Crippen LogP contribution < -0.4 is 0 Å². The van der Waals surface area contributed by atoms with Crippen LogP contribution in [0.2, 0.25) is 0 Å². The summed E-state index contributed by atoms with van der Waals surface area (Å²) in [5.41, 5.74) is 0. The number of aliphatic imine (C=N–C) groups is 1. The van der Waals surface area contributed by atoms with E-state index in [0.717, 1.165) is 10.9 Å². The Bertz CT molecular complexity index is 230. The molecule has 0 saturated heterocycles. The fourth-order valence-corrected chi connectivity index (χ4v) is 1.49. The maximum Gasteiger partial charge on any atom is 0.131 e. The SMILES string of the molecule is ClC1=CCC(Br)=CC(Cl)=N1. The van der Waals surface area contributed by atoms with Crippen molar-refractivity contribution < 1.29 is 0 Å². The molecule has 0 aliphatic carbocycles. The van der Waals surface area contributed by atoms with E-state index in [0.29, 0.717) is 10.3 Å². The fraction of sp³-hybridized carbons (Fsp3) is 0.167. The van der Waals surface area contributed by atoms with Gasteiger partial charge in [0.1, 0.15) is 10.3 Å². The summed E-state index contributed by atoms with van der Waals surface area (Å²) in [7, 11) is 0. The first kappa shape index (κ1) is 8.31. The zero-order valence-electron chi connectivity index (χ0n) is 4.94. The molecule has 0 unspecified atom stereocenters. The third kappa shape index (κ3) is 2.45. The maximum absolute atomic E-state index is 5.63. The van der Waals surface area contributed by atoms with Gasteiger partial charge in [0.25, 0.3) is 0 Å². The van der Waals surface area contributed by atoms with Crippen LogP contribution in [0.1, 0.15) is 6.42 Å². The molecular weight excluding hydrogens is 237 g/mol. The van der Waals surface area contributed by atoms with Crippen molar-refractivity contribution in [2.75, 3.05) is 0 Å². The average Bonchev–Trinajstić information content (AvgIpc) is 1.93. The van der Waals surface area contributed by atoms with Crippen molar-refractivity contribution in [1.82, 2.24) is 0 Å². The molecule has 0 aromatic rings. The predicted octanol–water partition coefficient (Wildman–Crippen LogP) is 3.39. The van der Waals surface area contributed by atoms with Gasteiger partial charge in [0, 0.05) is 10.9 Å². The molecule has 0 atom stereocenters. The largest absolute Gasteiger partial charge is 0.225 e. The van der Waals surface area contributed by atoms with Gasteiger partial charge in [0.05, 0.1) is 0 Å². The minimum atomic E-state index is 0.408. The first-order valence-electron chi connectivity index (χ1n) is 2.64. The van der Waals surface area contributed by atoms with E-state index in [9.17, 15) is 0 Å². The van der Waals surface area contributed by atoms with Crippen LogP contribution in [0.15, 0.2) is 26.8 Å². The van der Waals surface area contributed by atoms with E-state index in [1.54, 1.807) is 12.2 Å². The lowest BCUT2D eigenvalue weighted by atomic mass is 10.4. The van der Waals surface area contributed by atoms with Crippen molar-refractivity contribution in [3.05, 3.63) is 21.8 Å². The van der Waals surface area contributed by atoms with Crippen LogP contribution in [0, 0.1) is 0 Å². The van der Waals surface area contributed by atoms with Gasteiger partial charge in [-0.3, -0.25) is 0 Å². The molecule has 0 saturated carbocycles. The van der Waals surface area contributed by atoms with Crippen LogP contribution in [0.5, 0.6) is 0 Å². The zero-order chi connectivity index (χ0) is 7.56. The van der Waals surface area contributed by atoms with Crippen molar-refractivity contribution in [3.63, 3.8) is 0 Å². The Balaban J connectivity index is 2.90. The molecule has 1 aliphatic rings. The number of hydrogen-bond donors (Lipinski definition) is 0. The van der Waals surface area contributed by atoms with E-state index in [2.05, 4.69) is 20.9 Å². The van der Waals surface area contributed by atoms with Crippen molar-refractivity contribution in [2.24, 2.45) is 4.99 Å². The van der Waals surface area contributed by atoms with Crippen molar-refractivity contribution in [2.45, 2.75) is 6.42 Å². The molecule has 0 aromatic heterocycles. The van der Waals surface area contributed by atoms with Crippen LogP contribution in [0.25, 0.3) is 0 Å². The first-order valence-corrected chi connectivity index (χ1v) is 4.19. The summed E-state index contributed by atoms with van der Waals surface area (Å²) in [5, 5.41) is 0.848. The first-order chi connectivity index (χ1) is 4.68. The number of allylic oxidation sites excluding steroid dienone is 3. The molecule has 0 spiro atoms. The minimum Gasteiger partial charge on any atom is -0.225 e. The Morgan fingerprint density at radius 1 is 1.50 bits per heavy atom. The highest BCUT2D eigenvalue weighted by atomic mass is 79.9. The van der Waals surface area contributed by atoms with Crippen molar-refractivity contribution in [1.29, 1.82) is 0 Å². The van der Waals surface area contributed by atoms with E-state index in [-0.39, 0.29) is 0 Å². The van der Waals surface area contributed by atoms with Gasteiger partial charge in [-0.2, -0.15) is 0 Å². The van der Waals surface area contributed by atoms with Gasteiger partial charge < -0.3 is 0 Å². The molecule has 0 fully saturated rings. The Kier molecular flexibility index (Phi) is 2.96. The third-order valence-corrected chi connectivity index (χ3v) is 1.94.